The zero-order valence-corrected chi connectivity index (χ0v) is 4.03. The molecule has 0 bridgehead atoms. The maximum atomic E-state index is 6.40. The molecular weight excluding hydrogens is 102 g/mol. The first-order chi connectivity index (χ1) is 2.27. The lowest BCUT2D eigenvalue weighted by molar-refractivity contribution is 1.78. The summed E-state index contributed by atoms with van der Waals surface area (Å²) in [6.07, 6.45) is 0. The van der Waals surface area contributed by atoms with Gasteiger partial charge in [-0.3, -0.25) is 5.73 Å². The molecule has 0 heterocycles. The van der Waals surface area contributed by atoms with E-state index in [2.05, 4.69) is 24.4 Å². The molecule has 0 rings (SSSR count). The van der Waals surface area contributed by atoms with Crippen LogP contribution in [0.4, 0.5) is 0 Å². The van der Waals surface area contributed by atoms with Gasteiger partial charge in [-0.25, -0.2) is 0 Å². The highest BCUT2D eigenvalue weighted by molar-refractivity contribution is 7.87. The van der Waals surface area contributed by atoms with Crippen LogP contribution < -0.4 is 5.73 Å². The first-order valence-electron chi connectivity index (χ1n) is 0.979. The van der Waals surface area contributed by atoms with Crippen molar-refractivity contribution in [1.29, 1.82) is 0 Å². The van der Waals surface area contributed by atoms with E-state index in [0.29, 0.717) is 0 Å². The van der Waals surface area contributed by atoms with Crippen LogP contribution in [0.25, 0.3) is 0 Å². The van der Waals surface area contributed by atoms with Crippen LogP contribution in [0.3, 0.4) is 0 Å². The molecule has 0 aliphatic rings. The number of nitrogens with one attached hydrogen (secondary N) is 1. The molecule has 1 radical (unpaired) electrons. The van der Waals surface area contributed by atoms with Crippen LogP contribution in [0.2, 0.25) is 0 Å². The van der Waals surface area contributed by atoms with E-state index < -0.39 is 0 Å². The number of thiocarbonyl (C=S) groups is 2. The predicted molar refractivity (Wildman–Crippen MR) is 29.3 cm³/mol. The molecule has 0 aromatic heterocycles. The smallest absolute Gasteiger partial charge is 0.128 e. The lowest BCUT2D eigenvalue weighted by atomic mass is 10.8. The van der Waals surface area contributed by atoms with Gasteiger partial charge >= 0.3 is 0 Å². The normalized spacial score (nSPS) is 6.40. The summed E-state index contributed by atoms with van der Waals surface area (Å²) in [6.45, 7) is 0. The maximum absolute atomic E-state index is 6.40. The Labute approximate surface area is 41.2 Å². The summed E-state index contributed by atoms with van der Waals surface area (Å²) in [7, 11) is 0. The van der Waals surface area contributed by atoms with Gasteiger partial charge in [0.2, 0.25) is 0 Å². The first-order valence-corrected chi connectivity index (χ1v) is 1.86. The maximum Gasteiger partial charge on any atom is 0.128 e. The predicted octanol–water partition coefficient (Wildman–Crippen LogP) is 0.596. The zero-order valence-electron chi connectivity index (χ0n) is 2.39. The van der Waals surface area contributed by atoms with Crippen molar-refractivity contribution in [2.75, 3.05) is 0 Å². The van der Waals surface area contributed by atoms with Gasteiger partial charge in [0.15, 0.2) is 0 Å². The minimum absolute atomic E-state index is 0.0278. The fourth-order valence-corrected chi connectivity index (χ4v) is 0. The third-order valence-electron chi connectivity index (χ3n) is 0.107. The molecule has 5 heavy (non-hydrogen) atoms. The lowest BCUT2D eigenvalue weighted by Crippen LogP contribution is -1.89. The fourth-order valence-electron chi connectivity index (χ4n) is 0. The van der Waals surface area contributed by atoms with E-state index in [1.165, 1.54) is 0 Å². The van der Waals surface area contributed by atoms with Gasteiger partial charge in [0, 0.05) is 5.37 Å². The molecule has 1 nitrogen and oxygen atoms in total. The lowest BCUT2D eigenvalue weighted by Gasteiger charge is -1.65. The van der Waals surface area contributed by atoms with Gasteiger partial charge in [-0.15, -0.1) is 0 Å². The van der Waals surface area contributed by atoms with Crippen molar-refractivity contribution in [3.8, 4) is 0 Å². The average Bonchev–Trinajstić information content (AvgIpc) is 1.38. The van der Waals surface area contributed by atoms with Gasteiger partial charge in [-0.1, -0.05) is 24.4 Å². The van der Waals surface area contributed by atoms with Gasteiger partial charge in [-0.05, 0) is 0 Å². The first kappa shape index (κ1) is 4.98. The Bertz CT molecular complexity index is 58.7. The highest BCUT2D eigenvalue weighted by atomic mass is 32.1. The second-order valence-electron chi connectivity index (χ2n) is 0.482. The summed E-state index contributed by atoms with van der Waals surface area (Å²) in [5.74, 6) is 0. The highest BCUT2D eigenvalue weighted by Crippen LogP contribution is 1.55. The third-order valence-corrected chi connectivity index (χ3v) is 0.610. The average molecular weight is 104 g/mol. The summed E-state index contributed by atoms with van der Waals surface area (Å²) >= 11 is 8.43. The Morgan fingerprint density at radius 2 is 2.00 bits per heavy atom. The van der Waals surface area contributed by atoms with Crippen molar-refractivity contribution in [2.24, 2.45) is 0 Å². The molecule has 0 aliphatic heterocycles. The zero-order chi connectivity index (χ0) is 4.28. The molecule has 0 unspecified atom stereocenters. The Morgan fingerprint density at radius 3 is 2.00 bits per heavy atom. The van der Waals surface area contributed by atoms with E-state index >= 15 is 0 Å². The molecule has 27 valence electrons. The molecule has 0 amide bonds. The molecule has 0 saturated carbocycles. The van der Waals surface area contributed by atoms with E-state index in [1.54, 1.807) is 0 Å². The largest absolute Gasteiger partial charge is 0.289 e. The molecule has 0 saturated heterocycles. The number of hydrogen-bond donors (Lipinski definition) is 0. The number of hydrogen-bond acceptors (Lipinski definition) is 2. The standard InChI is InChI=1S/C2H2NS2/c3-2(5)1-4/h1,3H. The molecule has 0 aliphatic carbocycles. The van der Waals surface area contributed by atoms with Crippen LogP contribution >= 0.6 is 24.4 Å². The minimum Gasteiger partial charge on any atom is -0.289 e. The molecule has 1 N–H and O–H groups in total. The van der Waals surface area contributed by atoms with Crippen molar-refractivity contribution in [3.05, 3.63) is 0 Å². The van der Waals surface area contributed by atoms with Gasteiger partial charge in [0.1, 0.15) is 4.99 Å². The molecule has 0 atom stereocenters. The summed E-state index contributed by atoms with van der Waals surface area (Å²) in [6, 6.07) is 0. The summed E-state index contributed by atoms with van der Waals surface area (Å²) in [5, 5.41) is 1.15. The molecule has 0 aromatic rings. The van der Waals surface area contributed by atoms with E-state index in [1.807, 2.05) is 0 Å². The van der Waals surface area contributed by atoms with Gasteiger partial charge in [-0.2, -0.15) is 0 Å². The van der Waals surface area contributed by atoms with Crippen molar-refractivity contribution in [2.45, 2.75) is 0 Å². The van der Waals surface area contributed by atoms with Crippen molar-refractivity contribution < 1.29 is 0 Å². The van der Waals surface area contributed by atoms with Crippen LogP contribution in [0.5, 0.6) is 0 Å². The van der Waals surface area contributed by atoms with Crippen LogP contribution in [-0.2, 0) is 0 Å². The Balaban J connectivity index is 3.20. The molecule has 0 fully saturated rings. The summed E-state index contributed by atoms with van der Waals surface area (Å²) < 4.78 is 0. The summed E-state index contributed by atoms with van der Waals surface area (Å²) in [5.41, 5.74) is 6.40. The van der Waals surface area contributed by atoms with Crippen LogP contribution in [-0.4, -0.2) is 10.4 Å². The number of rotatable bonds is 1. The van der Waals surface area contributed by atoms with Crippen molar-refractivity contribution in [1.82, 2.24) is 5.73 Å². The van der Waals surface area contributed by atoms with Crippen molar-refractivity contribution in [3.63, 3.8) is 0 Å². The van der Waals surface area contributed by atoms with E-state index in [4.69, 9.17) is 5.73 Å². The Hall–Kier alpha value is -0.0200. The molecule has 0 aromatic carbocycles. The fraction of sp³-hybridized carbons (Fsp3) is 0. The Kier molecular flexibility index (Phi) is 2.22. The summed E-state index contributed by atoms with van der Waals surface area (Å²) in [4.78, 5) is 0.0278. The van der Waals surface area contributed by atoms with Crippen LogP contribution in [0.15, 0.2) is 0 Å². The van der Waals surface area contributed by atoms with Gasteiger partial charge in [0.05, 0.1) is 0 Å². The second-order valence-corrected chi connectivity index (χ2v) is 1.16. The topological polar surface area (TPSA) is 23.8 Å². The van der Waals surface area contributed by atoms with Gasteiger partial charge < -0.3 is 0 Å². The van der Waals surface area contributed by atoms with E-state index in [-0.39, 0.29) is 4.99 Å². The minimum atomic E-state index is 0.0278. The van der Waals surface area contributed by atoms with E-state index in [9.17, 15) is 0 Å². The highest BCUT2D eigenvalue weighted by Gasteiger charge is 1.67. The van der Waals surface area contributed by atoms with Gasteiger partial charge in [0.25, 0.3) is 0 Å². The third kappa shape index (κ3) is 3.98. The van der Waals surface area contributed by atoms with Crippen LogP contribution in [0, 0.1) is 0 Å². The SMILES string of the molecule is [NH]C(=S)C=S. The molecular formula is C2H2NS2. The van der Waals surface area contributed by atoms with Crippen molar-refractivity contribution >= 4 is 34.8 Å². The quantitative estimate of drug-likeness (QED) is 0.455. The Morgan fingerprint density at radius 1 is 1.80 bits per heavy atom. The monoisotopic (exact) mass is 104 g/mol. The van der Waals surface area contributed by atoms with E-state index in [0.717, 1.165) is 5.37 Å². The van der Waals surface area contributed by atoms with Crippen LogP contribution in [0.1, 0.15) is 0 Å². The second kappa shape index (κ2) is 2.23. The molecule has 3 heteroatoms. The molecule has 0 spiro atoms.